The molecule has 0 spiro atoms. The van der Waals surface area contributed by atoms with E-state index in [1.165, 1.54) is 29.4 Å². The third-order valence-electron chi connectivity index (χ3n) is 3.11. The first-order valence-corrected chi connectivity index (χ1v) is 7.53. The average Bonchev–Trinajstić information content (AvgIpc) is 3.03. The van der Waals surface area contributed by atoms with Gasteiger partial charge in [-0.25, -0.2) is 4.68 Å². The lowest BCUT2D eigenvalue weighted by atomic mass is 10.2. The Morgan fingerprint density at radius 1 is 1.23 bits per heavy atom. The third-order valence-corrected chi connectivity index (χ3v) is 3.91. The van der Waals surface area contributed by atoms with Crippen molar-refractivity contribution in [2.45, 2.75) is 6.92 Å². The summed E-state index contributed by atoms with van der Waals surface area (Å²) in [6.45, 7) is 1.43. The molecule has 0 unspecified atom stereocenters. The summed E-state index contributed by atoms with van der Waals surface area (Å²) < 4.78 is 1.57. The fourth-order valence-electron chi connectivity index (χ4n) is 2.12. The van der Waals surface area contributed by atoms with Crippen LogP contribution in [-0.2, 0) is 4.79 Å². The van der Waals surface area contributed by atoms with Crippen molar-refractivity contribution in [1.82, 2.24) is 4.68 Å². The Balaban J connectivity index is 2.12. The quantitative estimate of drug-likeness (QED) is 0.551. The highest BCUT2D eigenvalue weighted by Crippen LogP contribution is 2.11. The summed E-state index contributed by atoms with van der Waals surface area (Å²) >= 11 is 1.53. The lowest BCUT2D eigenvalue weighted by Gasteiger charge is -2.20. The topological polar surface area (TPSA) is 54.7 Å². The minimum atomic E-state index is -0.249. The van der Waals surface area contributed by atoms with Crippen molar-refractivity contribution >= 4 is 34.4 Å². The van der Waals surface area contributed by atoms with E-state index >= 15 is 0 Å². The highest BCUT2D eigenvalue weighted by Gasteiger charge is 2.12. The molecule has 6 heteroatoms. The summed E-state index contributed by atoms with van der Waals surface area (Å²) in [6, 6.07) is 12.4. The zero-order valence-electron chi connectivity index (χ0n) is 11.8. The van der Waals surface area contributed by atoms with Gasteiger partial charge >= 0.3 is 0 Å². The number of nitrogens with zero attached hydrogens (tertiary/aromatic N) is 3. The van der Waals surface area contributed by atoms with Crippen molar-refractivity contribution < 1.29 is 4.79 Å². The number of hydrogen-bond donors (Lipinski definition) is 0. The molecule has 0 N–H and O–H groups in total. The summed E-state index contributed by atoms with van der Waals surface area (Å²) in [5, 5.41) is 7.97. The minimum absolute atomic E-state index is 0.0856. The van der Waals surface area contributed by atoms with Gasteiger partial charge in [0.15, 0.2) is 5.43 Å². The number of hydrazone groups is 1. The molecule has 0 atom stereocenters. The van der Waals surface area contributed by atoms with Crippen molar-refractivity contribution in [3.63, 3.8) is 0 Å². The highest BCUT2D eigenvalue weighted by atomic mass is 32.1. The number of pyridine rings is 1. The monoisotopic (exact) mass is 311 g/mol. The summed E-state index contributed by atoms with van der Waals surface area (Å²) in [4.78, 5) is 24.8. The maximum absolute atomic E-state index is 11.9. The fourth-order valence-corrected chi connectivity index (χ4v) is 2.70. The van der Waals surface area contributed by atoms with Crippen molar-refractivity contribution in [2.75, 3.05) is 5.12 Å². The zero-order valence-corrected chi connectivity index (χ0v) is 12.7. The van der Waals surface area contributed by atoms with Gasteiger partial charge in [-0.2, -0.15) is 5.10 Å². The van der Waals surface area contributed by atoms with E-state index in [0.717, 1.165) is 4.88 Å². The van der Waals surface area contributed by atoms with E-state index in [1.54, 1.807) is 35.3 Å². The van der Waals surface area contributed by atoms with Gasteiger partial charge in [0.25, 0.3) is 5.91 Å². The van der Waals surface area contributed by atoms with E-state index in [-0.39, 0.29) is 11.3 Å². The summed E-state index contributed by atoms with van der Waals surface area (Å²) in [5.74, 6) is -0.249. The lowest BCUT2D eigenvalue weighted by Crippen LogP contribution is -2.34. The van der Waals surface area contributed by atoms with Crippen molar-refractivity contribution in [3.8, 4) is 0 Å². The predicted octanol–water partition coefficient (Wildman–Crippen LogP) is 2.58. The molecule has 5 nitrogen and oxygen atoms in total. The summed E-state index contributed by atoms with van der Waals surface area (Å²) in [5.41, 5.74) is 0.547. The van der Waals surface area contributed by atoms with Gasteiger partial charge in [0.1, 0.15) is 0 Å². The Hall–Kier alpha value is -2.73. The SMILES string of the molecule is CC(=O)N(N=Cc1cccs1)n1ccc(=O)c2ccccc21. The Labute approximate surface area is 130 Å². The molecule has 0 fully saturated rings. The molecule has 0 aliphatic heterocycles. The molecule has 0 bridgehead atoms. The number of fused-ring (bicyclic) bond motifs is 1. The number of carbonyl (C=O) groups is 1. The van der Waals surface area contributed by atoms with Crippen LogP contribution in [0.2, 0.25) is 0 Å². The van der Waals surface area contributed by atoms with E-state index in [4.69, 9.17) is 0 Å². The van der Waals surface area contributed by atoms with E-state index in [1.807, 2.05) is 23.6 Å². The van der Waals surface area contributed by atoms with Crippen LogP contribution in [0.4, 0.5) is 0 Å². The van der Waals surface area contributed by atoms with Crippen LogP contribution in [0, 0.1) is 0 Å². The van der Waals surface area contributed by atoms with Gasteiger partial charge < -0.3 is 0 Å². The van der Waals surface area contributed by atoms with Crippen LogP contribution < -0.4 is 10.5 Å². The molecule has 22 heavy (non-hydrogen) atoms. The van der Waals surface area contributed by atoms with Gasteiger partial charge in [0.2, 0.25) is 0 Å². The normalized spacial score (nSPS) is 11.1. The Morgan fingerprint density at radius 2 is 2.05 bits per heavy atom. The molecule has 2 heterocycles. The second-order valence-electron chi connectivity index (χ2n) is 4.61. The number of benzene rings is 1. The molecule has 2 aromatic heterocycles. The first kappa shape index (κ1) is 14.2. The number of hydrogen-bond acceptors (Lipinski definition) is 4. The third kappa shape index (κ3) is 2.68. The van der Waals surface area contributed by atoms with Crippen LogP contribution in [-0.4, -0.2) is 16.8 Å². The second-order valence-corrected chi connectivity index (χ2v) is 5.59. The Morgan fingerprint density at radius 3 is 2.77 bits per heavy atom. The fraction of sp³-hybridized carbons (Fsp3) is 0.0625. The van der Waals surface area contributed by atoms with Gasteiger partial charge in [-0.05, 0) is 23.6 Å². The minimum Gasteiger partial charge on any atom is -0.289 e. The van der Waals surface area contributed by atoms with Gasteiger partial charge in [-0.15, -0.1) is 16.5 Å². The van der Waals surface area contributed by atoms with Crippen LogP contribution >= 0.6 is 11.3 Å². The Kier molecular flexibility index (Phi) is 3.84. The molecule has 0 radical (unpaired) electrons. The number of para-hydroxylation sites is 1. The molecule has 1 aromatic carbocycles. The number of carbonyl (C=O) groups excluding carboxylic acids is 1. The summed E-state index contributed by atoms with van der Waals surface area (Å²) in [6.07, 6.45) is 3.18. The molecule has 110 valence electrons. The first-order valence-electron chi connectivity index (χ1n) is 6.66. The Bertz CT molecular complexity index is 897. The van der Waals surface area contributed by atoms with Crippen LogP contribution in [0.25, 0.3) is 10.9 Å². The van der Waals surface area contributed by atoms with Crippen LogP contribution in [0.3, 0.4) is 0 Å². The molecular formula is C16H13N3O2S. The molecule has 3 rings (SSSR count). The number of thiophene rings is 1. The summed E-state index contributed by atoms with van der Waals surface area (Å²) in [7, 11) is 0. The van der Waals surface area contributed by atoms with E-state index < -0.39 is 0 Å². The van der Waals surface area contributed by atoms with Crippen molar-refractivity contribution in [2.24, 2.45) is 5.10 Å². The van der Waals surface area contributed by atoms with E-state index in [9.17, 15) is 9.59 Å². The number of amides is 1. The standard InChI is InChI=1S/C16H13N3O2S/c1-12(20)19(17-11-13-5-4-10-22-13)18-9-8-16(21)14-6-2-3-7-15(14)18/h2-11H,1H3. The van der Waals surface area contributed by atoms with Gasteiger partial charge in [0, 0.05) is 29.5 Å². The molecule has 0 aliphatic carbocycles. The predicted molar refractivity (Wildman–Crippen MR) is 89.0 cm³/mol. The number of rotatable bonds is 3. The maximum atomic E-state index is 11.9. The van der Waals surface area contributed by atoms with Gasteiger partial charge in [0.05, 0.1) is 11.7 Å². The van der Waals surface area contributed by atoms with Crippen LogP contribution in [0.15, 0.2) is 63.9 Å². The zero-order chi connectivity index (χ0) is 15.5. The first-order chi connectivity index (χ1) is 10.7. The maximum Gasteiger partial charge on any atom is 0.259 e. The van der Waals surface area contributed by atoms with Crippen molar-refractivity contribution in [3.05, 3.63) is 69.1 Å². The van der Waals surface area contributed by atoms with Gasteiger partial charge in [-0.1, -0.05) is 18.2 Å². The molecule has 3 aromatic rings. The molecule has 0 aliphatic rings. The van der Waals surface area contributed by atoms with E-state index in [2.05, 4.69) is 5.10 Å². The highest BCUT2D eigenvalue weighted by molar-refractivity contribution is 7.11. The van der Waals surface area contributed by atoms with Crippen LogP contribution in [0.5, 0.6) is 0 Å². The van der Waals surface area contributed by atoms with Crippen LogP contribution in [0.1, 0.15) is 11.8 Å². The molecule has 1 amide bonds. The van der Waals surface area contributed by atoms with E-state index in [0.29, 0.717) is 10.9 Å². The number of aromatic nitrogens is 1. The lowest BCUT2D eigenvalue weighted by molar-refractivity contribution is -0.118. The van der Waals surface area contributed by atoms with Crippen molar-refractivity contribution in [1.29, 1.82) is 0 Å². The molecule has 0 saturated heterocycles. The molecule has 0 saturated carbocycles. The smallest absolute Gasteiger partial charge is 0.259 e. The average molecular weight is 311 g/mol. The molecular weight excluding hydrogens is 298 g/mol. The van der Waals surface area contributed by atoms with Gasteiger partial charge in [-0.3, -0.25) is 9.59 Å². The largest absolute Gasteiger partial charge is 0.289 e. The second kappa shape index (κ2) is 5.95.